The summed E-state index contributed by atoms with van der Waals surface area (Å²) in [5.74, 6) is 0. The van der Waals surface area contributed by atoms with E-state index in [1.807, 2.05) is 21.0 Å². The van der Waals surface area contributed by atoms with E-state index < -0.39 is 0 Å². The fraction of sp³-hybridized carbons (Fsp3) is 0.833. The molecule has 0 rings (SSSR count). The van der Waals surface area contributed by atoms with Crippen molar-refractivity contribution in [1.82, 2.24) is 4.90 Å². The molecule has 0 spiro atoms. The predicted octanol–water partition coefficient (Wildman–Crippen LogP) is 2.43. The van der Waals surface area contributed by atoms with Crippen LogP contribution >= 0.6 is 0 Å². The molecule has 14 heavy (non-hydrogen) atoms. The van der Waals surface area contributed by atoms with Gasteiger partial charge in [0.2, 0.25) is 0 Å². The average Bonchev–Trinajstić information content (AvgIpc) is 2.12. The Morgan fingerprint density at radius 3 is 2.29 bits per heavy atom. The SMILES string of the molecule is C=C(C)CCC(O)C(C)(CC)N(C)C. The van der Waals surface area contributed by atoms with E-state index in [0.29, 0.717) is 0 Å². The molecule has 0 amide bonds. The highest BCUT2D eigenvalue weighted by molar-refractivity contribution is 4.94. The zero-order valence-corrected chi connectivity index (χ0v) is 10.3. The molecule has 0 saturated carbocycles. The van der Waals surface area contributed by atoms with Crippen molar-refractivity contribution in [3.8, 4) is 0 Å². The molecule has 0 aliphatic carbocycles. The number of rotatable bonds is 6. The summed E-state index contributed by atoms with van der Waals surface area (Å²) in [5, 5.41) is 10.1. The molecule has 0 heterocycles. The van der Waals surface area contributed by atoms with E-state index in [-0.39, 0.29) is 11.6 Å². The minimum absolute atomic E-state index is 0.116. The molecule has 0 aromatic carbocycles. The molecule has 0 aliphatic rings. The molecule has 2 unspecified atom stereocenters. The van der Waals surface area contributed by atoms with Crippen LogP contribution in [0.25, 0.3) is 0 Å². The Hall–Kier alpha value is -0.340. The summed E-state index contributed by atoms with van der Waals surface area (Å²) < 4.78 is 0. The largest absolute Gasteiger partial charge is 0.391 e. The Balaban J connectivity index is 4.30. The summed E-state index contributed by atoms with van der Waals surface area (Å²) in [6.45, 7) is 10.1. The van der Waals surface area contributed by atoms with Crippen LogP contribution < -0.4 is 0 Å². The lowest BCUT2D eigenvalue weighted by atomic mass is 9.87. The summed E-state index contributed by atoms with van der Waals surface area (Å²) in [4.78, 5) is 2.11. The van der Waals surface area contributed by atoms with Crippen molar-refractivity contribution >= 4 is 0 Å². The van der Waals surface area contributed by atoms with Gasteiger partial charge in [-0.3, -0.25) is 0 Å². The van der Waals surface area contributed by atoms with Gasteiger partial charge in [-0.2, -0.15) is 0 Å². The van der Waals surface area contributed by atoms with Crippen LogP contribution in [-0.2, 0) is 0 Å². The first-order valence-electron chi connectivity index (χ1n) is 5.34. The lowest BCUT2D eigenvalue weighted by Crippen LogP contribution is -2.50. The van der Waals surface area contributed by atoms with Gasteiger partial charge in [-0.15, -0.1) is 6.58 Å². The maximum atomic E-state index is 10.1. The quantitative estimate of drug-likeness (QED) is 0.664. The third-order valence-corrected chi connectivity index (χ3v) is 3.30. The smallest absolute Gasteiger partial charge is 0.0723 e. The van der Waals surface area contributed by atoms with E-state index in [4.69, 9.17) is 0 Å². The summed E-state index contributed by atoms with van der Waals surface area (Å²) in [6.07, 6.45) is 2.39. The fourth-order valence-corrected chi connectivity index (χ4v) is 1.54. The van der Waals surface area contributed by atoms with Crippen molar-refractivity contribution in [1.29, 1.82) is 0 Å². The molecule has 0 aromatic rings. The summed E-state index contributed by atoms with van der Waals surface area (Å²) >= 11 is 0. The van der Waals surface area contributed by atoms with Gasteiger partial charge in [0.25, 0.3) is 0 Å². The van der Waals surface area contributed by atoms with Crippen LogP contribution in [0, 0.1) is 0 Å². The molecule has 0 aromatic heterocycles. The highest BCUT2D eigenvalue weighted by Gasteiger charge is 2.32. The Kier molecular flexibility index (Phi) is 5.38. The molecule has 0 bridgehead atoms. The van der Waals surface area contributed by atoms with Gasteiger partial charge in [0, 0.05) is 5.54 Å². The lowest BCUT2D eigenvalue weighted by Gasteiger charge is -2.40. The number of hydrogen-bond donors (Lipinski definition) is 1. The van der Waals surface area contributed by atoms with Gasteiger partial charge in [-0.1, -0.05) is 12.5 Å². The van der Waals surface area contributed by atoms with Crippen LogP contribution in [0.15, 0.2) is 12.2 Å². The van der Waals surface area contributed by atoms with Crippen molar-refractivity contribution in [2.45, 2.75) is 51.7 Å². The van der Waals surface area contributed by atoms with E-state index >= 15 is 0 Å². The zero-order chi connectivity index (χ0) is 11.4. The molecule has 2 atom stereocenters. The monoisotopic (exact) mass is 199 g/mol. The second kappa shape index (κ2) is 5.52. The number of hydrogen-bond acceptors (Lipinski definition) is 2. The van der Waals surface area contributed by atoms with E-state index in [9.17, 15) is 5.11 Å². The molecule has 1 N–H and O–H groups in total. The molecule has 0 saturated heterocycles. The standard InChI is InChI=1S/C12H25NO/c1-7-12(4,13(5)6)11(14)9-8-10(2)3/h11,14H,2,7-9H2,1,3-6H3. The first kappa shape index (κ1) is 13.7. The van der Waals surface area contributed by atoms with Crippen molar-refractivity contribution in [3.05, 3.63) is 12.2 Å². The topological polar surface area (TPSA) is 23.5 Å². The zero-order valence-electron chi connectivity index (χ0n) is 10.3. The van der Waals surface area contributed by atoms with E-state index in [0.717, 1.165) is 24.8 Å². The fourth-order valence-electron chi connectivity index (χ4n) is 1.54. The lowest BCUT2D eigenvalue weighted by molar-refractivity contribution is -0.00212. The number of likely N-dealkylation sites (N-methyl/N-ethyl adjacent to an activating group) is 1. The normalized spacial score (nSPS) is 17.9. The molecule has 84 valence electrons. The molecule has 0 aliphatic heterocycles. The second-order valence-corrected chi connectivity index (χ2v) is 4.62. The molecule has 2 heteroatoms. The third-order valence-electron chi connectivity index (χ3n) is 3.30. The number of aliphatic hydroxyl groups is 1. The first-order valence-corrected chi connectivity index (χ1v) is 5.34. The minimum atomic E-state index is -0.279. The average molecular weight is 199 g/mol. The van der Waals surface area contributed by atoms with Crippen molar-refractivity contribution in [2.24, 2.45) is 0 Å². The third kappa shape index (κ3) is 3.43. The van der Waals surface area contributed by atoms with Crippen molar-refractivity contribution in [2.75, 3.05) is 14.1 Å². The van der Waals surface area contributed by atoms with Crippen LogP contribution in [-0.4, -0.2) is 35.7 Å². The minimum Gasteiger partial charge on any atom is -0.391 e. The molecule has 2 nitrogen and oxygen atoms in total. The Bertz CT molecular complexity index is 189. The second-order valence-electron chi connectivity index (χ2n) is 4.62. The van der Waals surface area contributed by atoms with E-state index in [2.05, 4.69) is 25.3 Å². The van der Waals surface area contributed by atoms with Gasteiger partial charge < -0.3 is 10.0 Å². The molecular weight excluding hydrogens is 174 g/mol. The maximum absolute atomic E-state index is 10.1. The van der Waals surface area contributed by atoms with Crippen molar-refractivity contribution in [3.63, 3.8) is 0 Å². The van der Waals surface area contributed by atoms with Crippen LogP contribution in [0.1, 0.15) is 40.0 Å². The Morgan fingerprint density at radius 1 is 1.50 bits per heavy atom. The summed E-state index contributed by atoms with van der Waals surface area (Å²) in [5.41, 5.74) is 1.02. The van der Waals surface area contributed by atoms with Crippen molar-refractivity contribution < 1.29 is 5.11 Å². The van der Waals surface area contributed by atoms with Gasteiger partial charge in [-0.05, 0) is 47.2 Å². The van der Waals surface area contributed by atoms with Crippen LogP contribution in [0.5, 0.6) is 0 Å². The highest BCUT2D eigenvalue weighted by Crippen LogP contribution is 2.24. The number of aliphatic hydroxyl groups excluding tert-OH is 1. The molecular formula is C12H25NO. The van der Waals surface area contributed by atoms with Gasteiger partial charge >= 0.3 is 0 Å². The summed E-state index contributed by atoms with van der Waals surface area (Å²) in [6, 6.07) is 0. The molecule has 0 fully saturated rings. The molecule has 0 radical (unpaired) electrons. The first-order chi connectivity index (χ1) is 6.34. The van der Waals surface area contributed by atoms with E-state index in [1.165, 1.54) is 0 Å². The van der Waals surface area contributed by atoms with Gasteiger partial charge in [-0.25, -0.2) is 0 Å². The van der Waals surface area contributed by atoms with Crippen LogP contribution in [0.2, 0.25) is 0 Å². The van der Waals surface area contributed by atoms with Crippen LogP contribution in [0.4, 0.5) is 0 Å². The number of nitrogens with zero attached hydrogens (tertiary/aromatic N) is 1. The van der Waals surface area contributed by atoms with E-state index in [1.54, 1.807) is 0 Å². The maximum Gasteiger partial charge on any atom is 0.0723 e. The Labute approximate surface area is 88.6 Å². The van der Waals surface area contributed by atoms with Gasteiger partial charge in [0.1, 0.15) is 0 Å². The van der Waals surface area contributed by atoms with Gasteiger partial charge in [0.05, 0.1) is 6.10 Å². The van der Waals surface area contributed by atoms with Gasteiger partial charge in [0.15, 0.2) is 0 Å². The summed E-state index contributed by atoms with van der Waals surface area (Å²) in [7, 11) is 4.04. The highest BCUT2D eigenvalue weighted by atomic mass is 16.3. The Morgan fingerprint density at radius 2 is 2.00 bits per heavy atom. The van der Waals surface area contributed by atoms with Crippen LogP contribution in [0.3, 0.4) is 0 Å². The predicted molar refractivity (Wildman–Crippen MR) is 62.4 cm³/mol. The number of allylic oxidation sites excluding steroid dienone is 1.